The van der Waals surface area contributed by atoms with Crippen molar-refractivity contribution in [1.82, 2.24) is 9.97 Å². The van der Waals surface area contributed by atoms with Gasteiger partial charge in [0.2, 0.25) is 5.88 Å². The van der Waals surface area contributed by atoms with Gasteiger partial charge in [-0.15, -0.1) is 0 Å². The molecular weight excluding hydrogens is 258 g/mol. The average molecular weight is 275 g/mol. The fourth-order valence-electron chi connectivity index (χ4n) is 1.48. The van der Waals surface area contributed by atoms with E-state index < -0.39 is 0 Å². The lowest BCUT2D eigenvalue weighted by molar-refractivity contribution is 0.233. The number of aromatic nitrogens is 2. The molecule has 5 heteroatoms. The van der Waals surface area contributed by atoms with Crippen LogP contribution in [0.25, 0.3) is 0 Å². The lowest BCUT2D eigenvalue weighted by Gasteiger charge is -2.12. The Balaban J connectivity index is 2.23. The Labute approximate surface area is 117 Å². The van der Waals surface area contributed by atoms with Gasteiger partial charge in [0, 0.05) is 4.90 Å². The molecule has 2 aromatic rings. The van der Waals surface area contributed by atoms with E-state index in [1.807, 2.05) is 26.0 Å². The highest BCUT2D eigenvalue weighted by atomic mass is 32.2. The van der Waals surface area contributed by atoms with Crippen molar-refractivity contribution >= 4 is 17.4 Å². The molecule has 100 valence electrons. The van der Waals surface area contributed by atoms with E-state index in [0.29, 0.717) is 11.6 Å². The van der Waals surface area contributed by atoms with Crippen LogP contribution in [0.4, 0.5) is 5.69 Å². The second-order valence-corrected chi connectivity index (χ2v) is 5.54. The summed E-state index contributed by atoms with van der Waals surface area (Å²) in [7, 11) is 0. The van der Waals surface area contributed by atoms with Crippen LogP contribution in [-0.2, 0) is 0 Å². The van der Waals surface area contributed by atoms with E-state index in [1.54, 1.807) is 0 Å². The highest BCUT2D eigenvalue weighted by Gasteiger charge is 2.11. The number of aryl methyl sites for hydroxylation is 1. The molecule has 0 unspecified atom stereocenters. The standard InChI is InChI=1S/C14H17N3OS/c1-9(2)18-13-12(15)14(17-8-16-13)19-11-6-4-10(3)5-7-11/h4-9H,15H2,1-3H3. The van der Waals surface area contributed by atoms with E-state index in [9.17, 15) is 0 Å². The number of nitrogen functional groups attached to an aromatic ring is 1. The van der Waals surface area contributed by atoms with E-state index in [4.69, 9.17) is 10.5 Å². The van der Waals surface area contributed by atoms with E-state index in [0.717, 1.165) is 9.92 Å². The topological polar surface area (TPSA) is 61.0 Å². The van der Waals surface area contributed by atoms with Gasteiger partial charge in [-0.25, -0.2) is 4.98 Å². The van der Waals surface area contributed by atoms with Crippen LogP contribution in [-0.4, -0.2) is 16.1 Å². The summed E-state index contributed by atoms with van der Waals surface area (Å²) in [4.78, 5) is 9.36. The summed E-state index contributed by atoms with van der Waals surface area (Å²) in [6.45, 7) is 5.94. The molecule has 2 rings (SSSR count). The Bertz CT molecular complexity index is 555. The van der Waals surface area contributed by atoms with Gasteiger partial charge in [-0.05, 0) is 32.9 Å². The maximum atomic E-state index is 6.04. The van der Waals surface area contributed by atoms with Crippen LogP contribution in [0.1, 0.15) is 19.4 Å². The molecule has 0 aliphatic carbocycles. The molecule has 0 bridgehead atoms. The molecule has 4 nitrogen and oxygen atoms in total. The first-order valence-electron chi connectivity index (χ1n) is 6.08. The Hall–Kier alpha value is -1.75. The third kappa shape index (κ3) is 3.61. The van der Waals surface area contributed by atoms with E-state index in [2.05, 4.69) is 29.0 Å². The number of hydrogen-bond acceptors (Lipinski definition) is 5. The average Bonchev–Trinajstić information content (AvgIpc) is 2.36. The first-order valence-corrected chi connectivity index (χ1v) is 6.89. The van der Waals surface area contributed by atoms with Crippen LogP contribution in [0, 0.1) is 6.92 Å². The number of ether oxygens (including phenoxy) is 1. The van der Waals surface area contributed by atoms with Crippen LogP contribution < -0.4 is 10.5 Å². The van der Waals surface area contributed by atoms with Gasteiger partial charge in [-0.3, -0.25) is 0 Å². The minimum Gasteiger partial charge on any atom is -0.473 e. The number of benzene rings is 1. The predicted molar refractivity (Wildman–Crippen MR) is 77.5 cm³/mol. The number of hydrogen-bond donors (Lipinski definition) is 1. The van der Waals surface area contributed by atoms with Gasteiger partial charge in [0.1, 0.15) is 17.0 Å². The van der Waals surface area contributed by atoms with Crippen LogP contribution in [0.3, 0.4) is 0 Å². The third-order valence-electron chi connectivity index (χ3n) is 2.39. The normalized spacial score (nSPS) is 10.7. The zero-order valence-electron chi connectivity index (χ0n) is 11.3. The minimum atomic E-state index is 0.0365. The molecule has 0 saturated carbocycles. The van der Waals surface area contributed by atoms with Gasteiger partial charge in [-0.1, -0.05) is 29.5 Å². The Morgan fingerprint density at radius 2 is 1.84 bits per heavy atom. The quantitative estimate of drug-likeness (QED) is 0.867. The molecule has 0 amide bonds. The monoisotopic (exact) mass is 275 g/mol. The van der Waals surface area contributed by atoms with Gasteiger partial charge >= 0.3 is 0 Å². The van der Waals surface area contributed by atoms with Gasteiger partial charge in [-0.2, -0.15) is 4.98 Å². The largest absolute Gasteiger partial charge is 0.473 e. The summed E-state index contributed by atoms with van der Waals surface area (Å²) in [5.74, 6) is 0.444. The molecule has 0 saturated heterocycles. The van der Waals surface area contributed by atoms with Crippen molar-refractivity contribution in [1.29, 1.82) is 0 Å². The van der Waals surface area contributed by atoms with Gasteiger partial charge < -0.3 is 10.5 Å². The second kappa shape index (κ2) is 5.93. The molecule has 0 fully saturated rings. The van der Waals surface area contributed by atoms with Crippen molar-refractivity contribution in [3.63, 3.8) is 0 Å². The Kier molecular flexibility index (Phi) is 4.27. The third-order valence-corrected chi connectivity index (χ3v) is 3.42. The molecule has 1 heterocycles. The Morgan fingerprint density at radius 3 is 2.47 bits per heavy atom. The molecule has 0 aliphatic rings. The molecule has 2 N–H and O–H groups in total. The first kappa shape index (κ1) is 13.7. The number of rotatable bonds is 4. The van der Waals surface area contributed by atoms with Crippen molar-refractivity contribution in [2.75, 3.05) is 5.73 Å². The zero-order chi connectivity index (χ0) is 13.8. The van der Waals surface area contributed by atoms with Crippen molar-refractivity contribution < 1.29 is 4.74 Å². The zero-order valence-corrected chi connectivity index (χ0v) is 12.1. The fourth-order valence-corrected chi connectivity index (χ4v) is 2.27. The molecule has 0 aliphatic heterocycles. The SMILES string of the molecule is Cc1ccc(Sc2ncnc(OC(C)C)c2N)cc1. The van der Waals surface area contributed by atoms with Crippen molar-refractivity contribution in [3.05, 3.63) is 36.2 Å². The van der Waals surface area contributed by atoms with Crippen LogP contribution in [0.15, 0.2) is 40.5 Å². The smallest absolute Gasteiger partial charge is 0.241 e. The number of anilines is 1. The maximum absolute atomic E-state index is 6.04. The predicted octanol–water partition coefficient (Wildman–Crippen LogP) is 3.31. The summed E-state index contributed by atoms with van der Waals surface area (Å²) in [6.07, 6.45) is 1.51. The number of nitrogens with two attached hydrogens (primary N) is 1. The first-order chi connectivity index (χ1) is 9.06. The lowest BCUT2D eigenvalue weighted by atomic mass is 10.2. The van der Waals surface area contributed by atoms with E-state index in [-0.39, 0.29) is 6.10 Å². The molecule has 0 radical (unpaired) electrons. The summed E-state index contributed by atoms with van der Waals surface area (Å²) >= 11 is 1.51. The Morgan fingerprint density at radius 1 is 1.16 bits per heavy atom. The molecule has 1 aromatic heterocycles. The fraction of sp³-hybridized carbons (Fsp3) is 0.286. The van der Waals surface area contributed by atoms with Crippen molar-refractivity contribution in [2.24, 2.45) is 0 Å². The summed E-state index contributed by atoms with van der Waals surface area (Å²) < 4.78 is 5.55. The van der Waals surface area contributed by atoms with Gasteiger partial charge in [0.25, 0.3) is 0 Å². The number of nitrogens with zero attached hydrogens (tertiary/aromatic N) is 2. The molecular formula is C14H17N3OS. The molecule has 0 atom stereocenters. The maximum Gasteiger partial charge on any atom is 0.241 e. The highest BCUT2D eigenvalue weighted by molar-refractivity contribution is 7.99. The van der Waals surface area contributed by atoms with Gasteiger partial charge in [0.05, 0.1) is 6.10 Å². The summed E-state index contributed by atoms with van der Waals surface area (Å²) in [5, 5.41) is 0.717. The second-order valence-electron chi connectivity index (χ2n) is 4.48. The molecule has 1 aromatic carbocycles. The van der Waals surface area contributed by atoms with Crippen LogP contribution >= 0.6 is 11.8 Å². The van der Waals surface area contributed by atoms with E-state index >= 15 is 0 Å². The summed E-state index contributed by atoms with van der Waals surface area (Å²) in [6, 6.07) is 8.21. The van der Waals surface area contributed by atoms with Crippen LogP contribution in [0.2, 0.25) is 0 Å². The van der Waals surface area contributed by atoms with Crippen LogP contribution in [0.5, 0.6) is 5.88 Å². The van der Waals surface area contributed by atoms with Crippen molar-refractivity contribution in [2.45, 2.75) is 36.8 Å². The minimum absolute atomic E-state index is 0.0365. The highest BCUT2D eigenvalue weighted by Crippen LogP contribution is 2.34. The summed E-state index contributed by atoms with van der Waals surface area (Å²) in [5.41, 5.74) is 7.75. The van der Waals surface area contributed by atoms with Gasteiger partial charge in [0.15, 0.2) is 0 Å². The van der Waals surface area contributed by atoms with E-state index in [1.165, 1.54) is 23.7 Å². The molecule has 0 spiro atoms. The molecule has 19 heavy (non-hydrogen) atoms. The lowest BCUT2D eigenvalue weighted by Crippen LogP contribution is -2.09. The van der Waals surface area contributed by atoms with Crippen molar-refractivity contribution in [3.8, 4) is 5.88 Å².